The van der Waals surface area contributed by atoms with E-state index in [1.807, 2.05) is 6.08 Å². The van der Waals surface area contributed by atoms with Gasteiger partial charge in [0.1, 0.15) is 18.0 Å². The van der Waals surface area contributed by atoms with Gasteiger partial charge in [-0.15, -0.1) is 0 Å². The Morgan fingerprint density at radius 2 is 2.06 bits per heavy atom. The third-order valence-corrected chi connectivity index (χ3v) is 6.31. The maximum atomic E-state index is 14.5. The topological polar surface area (TPSA) is 92.1 Å². The van der Waals surface area contributed by atoms with Gasteiger partial charge in [0, 0.05) is 17.8 Å². The van der Waals surface area contributed by atoms with Crippen LogP contribution in [0.2, 0.25) is 0 Å². The second kappa shape index (κ2) is 8.78. The summed E-state index contributed by atoms with van der Waals surface area (Å²) in [5, 5.41) is 20.2. The molecule has 5 rings (SSSR count). The highest BCUT2D eigenvalue weighted by Gasteiger charge is 2.40. The number of aromatic nitrogens is 3. The van der Waals surface area contributed by atoms with Crippen molar-refractivity contribution in [1.29, 1.82) is 0 Å². The summed E-state index contributed by atoms with van der Waals surface area (Å²) in [6, 6.07) is 10.9. The van der Waals surface area contributed by atoms with Crippen molar-refractivity contribution in [2.45, 2.75) is 38.3 Å². The summed E-state index contributed by atoms with van der Waals surface area (Å²) in [7, 11) is 0. The highest BCUT2D eigenvalue weighted by atomic mass is 19.1. The molecule has 0 radical (unpaired) electrons. The van der Waals surface area contributed by atoms with Gasteiger partial charge in [0.2, 0.25) is 0 Å². The minimum Gasteiger partial charge on any atom is -0.394 e. The fourth-order valence-corrected chi connectivity index (χ4v) is 4.90. The number of benzene rings is 2. The van der Waals surface area contributed by atoms with E-state index in [1.165, 1.54) is 24.0 Å². The van der Waals surface area contributed by atoms with E-state index in [9.17, 15) is 14.3 Å². The molecule has 3 aromatic rings. The lowest BCUT2D eigenvalue weighted by atomic mass is 9.77. The number of nitrogens with zero attached hydrogens (tertiary/aromatic N) is 3. The van der Waals surface area contributed by atoms with E-state index < -0.39 is 5.82 Å². The number of rotatable bonds is 6. The van der Waals surface area contributed by atoms with Crippen LogP contribution in [-0.4, -0.2) is 38.9 Å². The normalized spacial score (nSPS) is 19.2. The molecule has 0 fully saturated rings. The Morgan fingerprint density at radius 3 is 2.82 bits per heavy atom. The van der Waals surface area contributed by atoms with Gasteiger partial charge in [-0.25, -0.2) is 14.1 Å². The number of anilines is 1. The monoisotopic (exact) mass is 447 g/mol. The number of carbonyl (C=O) groups is 1. The third kappa shape index (κ3) is 3.80. The number of hydrogen-bond donors (Lipinski definition) is 3. The first-order valence-electron chi connectivity index (χ1n) is 11.3. The van der Waals surface area contributed by atoms with Gasteiger partial charge < -0.3 is 15.7 Å². The van der Waals surface area contributed by atoms with E-state index >= 15 is 0 Å². The maximum absolute atomic E-state index is 14.5. The van der Waals surface area contributed by atoms with Crippen LogP contribution < -0.4 is 10.6 Å². The van der Waals surface area contributed by atoms with Crippen LogP contribution in [0.1, 0.15) is 58.2 Å². The number of halogens is 1. The highest BCUT2D eigenvalue weighted by Crippen LogP contribution is 2.50. The summed E-state index contributed by atoms with van der Waals surface area (Å²) >= 11 is 0. The first-order valence-corrected chi connectivity index (χ1v) is 11.3. The van der Waals surface area contributed by atoms with Crippen molar-refractivity contribution in [3.63, 3.8) is 0 Å². The first kappa shape index (κ1) is 21.3. The predicted molar refractivity (Wildman–Crippen MR) is 123 cm³/mol. The zero-order chi connectivity index (χ0) is 22.9. The van der Waals surface area contributed by atoms with E-state index in [0.29, 0.717) is 35.7 Å². The SMILES string of the molecule is CCCc1ccc(C2Nc3cc(F)cc4c3C(=CCNC4=O)C2c2ncnn2CCO)cc1. The maximum Gasteiger partial charge on any atom is 0.252 e. The van der Waals surface area contributed by atoms with E-state index in [4.69, 9.17) is 0 Å². The molecule has 2 unspecified atom stereocenters. The Morgan fingerprint density at radius 1 is 1.24 bits per heavy atom. The number of aliphatic hydroxyl groups excluding tert-OH is 1. The minimum atomic E-state index is -0.466. The van der Waals surface area contributed by atoms with Gasteiger partial charge in [0.05, 0.1) is 30.7 Å². The number of hydrogen-bond acceptors (Lipinski definition) is 5. The Kier molecular flexibility index (Phi) is 5.68. The molecule has 3 heterocycles. The molecule has 2 aliphatic heterocycles. The summed E-state index contributed by atoms with van der Waals surface area (Å²) in [6.45, 7) is 2.72. The number of carbonyl (C=O) groups excluding carboxylic acids is 1. The van der Waals surface area contributed by atoms with Gasteiger partial charge in [-0.1, -0.05) is 43.7 Å². The smallest absolute Gasteiger partial charge is 0.252 e. The average Bonchev–Trinajstić information content (AvgIpc) is 3.19. The van der Waals surface area contributed by atoms with Crippen LogP contribution >= 0.6 is 0 Å². The molecular weight excluding hydrogens is 421 g/mol. The van der Waals surface area contributed by atoms with Crippen molar-refractivity contribution in [3.05, 3.63) is 82.7 Å². The highest BCUT2D eigenvalue weighted by molar-refractivity contribution is 6.04. The average molecular weight is 448 g/mol. The van der Waals surface area contributed by atoms with Crippen molar-refractivity contribution in [3.8, 4) is 0 Å². The Labute approximate surface area is 191 Å². The standard InChI is InChI=1S/C25H26FN5O2/c1-2-3-15-4-6-16(7-5-15)23-22(24-28-14-29-31(24)10-11-32)18-8-9-27-25(33)19-12-17(26)13-20(30-23)21(18)19/h4-8,12-14,22-23,30,32H,2-3,9-11H2,1H3,(H,27,33). The molecule has 170 valence electrons. The fourth-order valence-electron chi connectivity index (χ4n) is 4.90. The number of nitrogens with one attached hydrogen (secondary N) is 2. The number of aryl methyl sites for hydroxylation is 1. The Balaban J connectivity index is 1.71. The molecule has 2 atom stereocenters. The molecule has 3 N–H and O–H groups in total. The first-order chi connectivity index (χ1) is 16.1. The van der Waals surface area contributed by atoms with Crippen LogP contribution in [0.3, 0.4) is 0 Å². The van der Waals surface area contributed by atoms with Crippen LogP contribution in [0.5, 0.6) is 0 Å². The molecule has 7 nitrogen and oxygen atoms in total. The van der Waals surface area contributed by atoms with Gasteiger partial charge in [0.25, 0.3) is 5.91 Å². The van der Waals surface area contributed by atoms with Crippen molar-refractivity contribution in [2.75, 3.05) is 18.5 Å². The third-order valence-electron chi connectivity index (χ3n) is 6.31. The molecule has 0 aliphatic carbocycles. The molecule has 1 amide bonds. The lowest BCUT2D eigenvalue weighted by molar-refractivity contribution is 0.0958. The molecule has 2 aliphatic rings. The van der Waals surface area contributed by atoms with Crippen molar-refractivity contribution >= 4 is 17.2 Å². The van der Waals surface area contributed by atoms with E-state index in [0.717, 1.165) is 24.0 Å². The van der Waals surface area contributed by atoms with E-state index in [-0.39, 0.29) is 24.5 Å². The molecule has 0 spiro atoms. The summed E-state index contributed by atoms with van der Waals surface area (Å²) in [5.74, 6) is -0.385. The van der Waals surface area contributed by atoms with E-state index in [2.05, 4.69) is 51.9 Å². The largest absolute Gasteiger partial charge is 0.394 e. The fraction of sp³-hybridized carbons (Fsp3) is 0.320. The predicted octanol–water partition coefficient (Wildman–Crippen LogP) is 3.44. The minimum absolute atomic E-state index is 0.0704. The van der Waals surface area contributed by atoms with Gasteiger partial charge in [-0.05, 0) is 35.3 Å². The summed E-state index contributed by atoms with van der Waals surface area (Å²) in [5.41, 5.74) is 4.76. The second-order valence-electron chi connectivity index (χ2n) is 8.40. The molecule has 0 saturated carbocycles. The zero-order valence-electron chi connectivity index (χ0n) is 18.4. The molecule has 1 aromatic heterocycles. The van der Waals surface area contributed by atoms with Crippen LogP contribution in [0, 0.1) is 5.82 Å². The molecule has 0 bridgehead atoms. The van der Waals surface area contributed by atoms with Crippen LogP contribution in [-0.2, 0) is 13.0 Å². The van der Waals surface area contributed by atoms with Gasteiger partial charge in [0.15, 0.2) is 0 Å². The number of amides is 1. The summed E-state index contributed by atoms with van der Waals surface area (Å²) in [6.07, 6.45) is 5.53. The van der Waals surface area contributed by atoms with Gasteiger partial charge in [-0.3, -0.25) is 4.79 Å². The van der Waals surface area contributed by atoms with Crippen LogP contribution in [0.15, 0.2) is 48.8 Å². The molecule has 2 aromatic carbocycles. The van der Waals surface area contributed by atoms with Crippen molar-refractivity contribution in [2.24, 2.45) is 0 Å². The van der Waals surface area contributed by atoms with Gasteiger partial charge >= 0.3 is 0 Å². The zero-order valence-corrected chi connectivity index (χ0v) is 18.4. The summed E-state index contributed by atoms with van der Waals surface area (Å²) < 4.78 is 16.2. The second-order valence-corrected chi connectivity index (χ2v) is 8.40. The van der Waals surface area contributed by atoms with Crippen molar-refractivity contribution < 1.29 is 14.3 Å². The Hall–Kier alpha value is -3.52. The molecule has 8 heteroatoms. The molecule has 0 saturated heterocycles. The number of aliphatic hydroxyl groups is 1. The Bertz CT molecular complexity index is 1220. The quantitative estimate of drug-likeness (QED) is 0.538. The van der Waals surface area contributed by atoms with Crippen LogP contribution in [0.25, 0.3) is 5.57 Å². The van der Waals surface area contributed by atoms with E-state index in [1.54, 1.807) is 4.68 Å². The molecule has 33 heavy (non-hydrogen) atoms. The van der Waals surface area contributed by atoms with Crippen molar-refractivity contribution in [1.82, 2.24) is 20.1 Å². The van der Waals surface area contributed by atoms with Gasteiger partial charge in [-0.2, -0.15) is 5.10 Å². The summed E-state index contributed by atoms with van der Waals surface area (Å²) in [4.78, 5) is 17.3. The lowest BCUT2D eigenvalue weighted by Crippen LogP contribution is -2.30. The van der Waals surface area contributed by atoms with Crippen LogP contribution in [0.4, 0.5) is 10.1 Å². The molecular formula is C25H26FN5O2. The lowest BCUT2D eigenvalue weighted by Gasteiger charge is -2.37.